The van der Waals surface area contributed by atoms with Gasteiger partial charge in [0.1, 0.15) is 0 Å². The molecule has 0 N–H and O–H groups in total. The molecule has 0 saturated heterocycles. The highest BCUT2D eigenvalue weighted by molar-refractivity contribution is 6.14. The van der Waals surface area contributed by atoms with E-state index in [0.29, 0.717) is 5.82 Å². The zero-order valence-corrected chi connectivity index (χ0v) is 31.1. The third kappa shape index (κ3) is 5.89. The molecule has 2 aromatic heterocycles. The van der Waals surface area contributed by atoms with E-state index < -0.39 is 0 Å². The van der Waals surface area contributed by atoms with Crippen LogP contribution in [0.3, 0.4) is 0 Å². The third-order valence-electron chi connectivity index (χ3n) is 11.3. The number of nitrogens with zero attached hydrogens (tertiary/aromatic N) is 3. The molecular weight excluding hydrogens is 691 g/mol. The Labute approximate surface area is 331 Å². The van der Waals surface area contributed by atoms with E-state index >= 15 is 0 Å². The van der Waals surface area contributed by atoms with Gasteiger partial charge in [0.15, 0.2) is 5.82 Å². The van der Waals surface area contributed by atoms with Gasteiger partial charge in [0.25, 0.3) is 0 Å². The Bertz CT molecular complexity index is 3150. The first-order valence-corrected chi connectivity index (χ1v) is 19.5. The molecule has 2 heterocycles. The minimum atomic E-state index is 0.691. The Balaban J connectivity index is 1.17. The van der Waals surface area contributed by atoms with Gasteiger partial charge >= 0.3 is 0 Å². The Kier molecular flexibility index (Phi) is 7.89. The smallest absolute Gasteiger partial charge is 0.160 e. The molecular formula is C54H35N3. The van der Waals surface area contributed by atoms with Crippen LogP contribution in [0, 0.1) is 0 Å². The van der Waals surface area contributed by atoms with E-state index in [2.05, 4.69) is 176 Å². The zero-order valence-electron chi connectivity index (χ0n) is 31.1. The van der Waals surface area contributed by atoms with Crippen LogP contribution in [0.15, 0.2) is 200 Å². The molecule has 11 rings (SSSR count). The van der Waals surface area contributed by atoms with Crippen molar-refractivity contribution in [2.24, 2.45) is 0 Å². The molecule has 0 amide bonds. The molecule has 0 bridgehead atoms. The maximum atomic E-state index is 5.34. The van der Waals surface area contributed by atoms with Crippen LogP contribution in [-0.4, -0.2) is 15.0 Å². The largest absolute Gasteiger partial charge is 0.256 e. The van der Waals surface area contributed by atoms with Crippen LogP contribution in [0.1, 0.15) is 11.1 Å². The lowest BCUT2D eigenvalue weighted by Gasteiger charge is -2.16. The van der Waals surface area contributed by atoms with Crippen molar-refractivity contribution < 1.29 is 0 Å². The van der Waals surface area contributed by atoms with Gasteiger partial charge in [-0.1, -0.05) is 152 Å². The lowest BCUT2D eigenvalue weighted by molar-refractivity contribution is 1.18. The summed E-state index contributed by atoms with van der Waals surface area (Å²) in [5, 5.41) is 4.93. The zero-order chi connectivity index (χ0) is 37.7. The average molecular weight is 726 g/mol. The molecule has 0 fully saturated rings. The lowest BCUT2D eigenvalue weighted by atomic mass is 9.89. The molecule has 0 saturated carbocycles. The molecule has 0 atom stereocenters. The molecule has 10 aromatic rings. The van der Waals surface area contributed by atoms with Crippen molar-refractivity contribution in [3.8, 4) is 78.5 Å². The summed E-state index contributed by atoms with van der Waals surface area (Å²) >= 11 is 0. The molecule has 1 aliphatic carbocycles. The number of fused-ring (bicyclic) bond motifs is 6. The predicted molar refractivity (Wildman–Crippen MR) is 236 cm³/mol. The monoisotopic (exact) mass is 725 g/mol. The van der Waals surface area contributed by atoms with E-state index in [-0.39, 0.29) is 0 Å². The molecule has 3 heteroatoms. The SMILES string of the molecule is c1ccc(-c2cccc(-c3cc(-c4cc(-c5ccnc6c5Cc5ccccc5-6)cc(-c5cc6ccccc6c6ccccc56)c4)nc(-c4ccccc4)n3)c2)cc1. The fourth-order valence-electron chi connectivity index (χ4n) is 8.60. The molecule has 57 heavy (non-hydrogen) atoms. The number of aromatic nitrogens is 3. The number of hydrogen-bond acceptors (Lipinski definition) is 3. The number of rotatable bonds is 6. The molecule has 3 nitrogen and oxygen atoms in total. The quantitative estimate of drug-likeness (QED) is 0.160. The van der Waals surface area contributed by atoms with Crippen LogP contribution in [-0.2, 0) is 6.42 Å². The van der Waals surface area contributed by atoms with E-state index in [9.17, 15) is 0 Å². The summed E-state index contributed by atoms with van der Waals surface area (Å²) in [6, 6.07) is 69.3. The maximum Gasteiger partial charge on any atom is 0.160 e. The highest BCUT2D eigenvalue weighted by atomic mass is 14.9. The second-order valence-corrected chi connectivity index (χ2v) is 14.8. The van der Waals surface area contributed by atoms with Crippen molar-refractivity contribution >= 4 is 21.5 Å². The van der Waals surface area contributed by atoms with Crippen LogP contribution >= 0.6 is 0 Å². The minimum Gasteiger partial charge on any atom is -0.256 e. The number of pyridine rings is 1. The van der Waals surface area contributed by atoms with E-state index in [0.717, 1.165) is 56.9 Å². The fraction of sp³-hybridized carbons (Fsp3) is 0.0185. The Morgan fingerprint density at radius 1 is 0.351 bits per heavy atom. The van der Waals surface area contributed by atoms with Crippen LogP contribution in [0.25, 0.3) is 100 Å². The van der Waals surface area contributed by atoms with E-state index in [1.54, 1.807) is 0 Å². The van der Waals surface area contributed by atoms with Crippen molar-refractivity contribution in [1.82, 2.24) is 15.0 Å². The summed E-state index contributed by atoms with van der Waals surface area (Å²) in [7, 11) is 0. The van der Waals surface area contributed by atoms with Crippen molar-refractivity contribution in [3.63, 3.8) is 0 Å². The van der Waals surface area contributed by atoms with Gasteiger partial charge in [0.05, 0.1) is 17.1 Å². The first-order chi connectivity index (χ1) is 28.2. The van der Waals surface area contributed by atoms with Crippen LogP contribution in [0.5, 0.6) is 0 Å². The molecule has 8 aromatic carbocycles. The standard InChI is InChI=1S/C54H35N3/c1-3-14-35(15-4-1)37-20-13-21-40(28-37)51-34-52(57-54(56-51)36-16-5-2-6-17-36)43-30-41(45-26-27-55-53-46-23-10-8-19-39(46)33-50(45)53)29-42(31-43)49-32-38-18-7-9-22-44(38)47-24-11-12-25-48(47)49/h1-32,34H,33H2. The van der Waals surface area contributed by atoms with Gasteiger partial charge in [-0.25, -0.2) is 9.97 Å². The summed E-state index contributed by atoms with van der Waals surface area (Å²) in [6.07, 6.45) is 2.81. The average Bonchev–Trinajstić information content (AvgIpc) is 3.68. The summed E-state index contributed by atoms with van der Waals surface area (Å²) in [5.74, 6) is 0.691. The van der Waals surface area contributed by atoms with Crippen molar-refractivity contribution in [2.75, 3.05) is 0 Å². The first kappa shape index (κ1) is 32.9. The van der Waals surface area contributed by atoms with Crippen molar-refractivity contribution in [2.45, 2.75) is 6.42 Å². The van der Waals surface area contributed by atoms with Crippen LogP contribution in [0.2, 0.25) is 0 Å². The maximum absolute atomic E-state index is 5.34. The number of hydrogen-bond donors (Lipinski definition) is 0. The highest BCUT2D eigenvalue weighted by Gasteiger charge is 2.24. The summed E-state index contributed by atoms with van der Waals surface area (Å²) in [6.45, 7) is 0. The normalized spacial score (nSPS) is 11.8. The van der Waals surface area contributed by atoms with Gasteiger partial charge in [-0.05, 0) is 109 Å². The predicted octanol–water partition coefficient (Wildman–Crippen LogP) is 13.8. The van der Waals surface area contributed by atoms with E-state index in [1.165, 1.54) is 54.9 Å². The second-order valence-electron chi connectivity index (χ2n) is 14.8. The molecule has 266 valence electrons. The van der Waals surface area contributed by atoms with Gasteiger partial charge < -0.3 is 0 Å². The summed E-state index contributed by atoms with van der Waals surface area (Å²) in [4.78, 5) is 15.5. The Morgan fingerprint density at radius 3 is 1.77 bits per heavy atom. The Morgan fingerprint density at radius 2 is 0.947 bits per heavy atom. The van der Waals surface area contributed by atoms with Gasteiger partial charge in [-0.15, -0.1) is 0 Å². The number of benzene rings is 8. The van der Waals surface area contributed by atoms with E-state index in [4.69, 9.17) is 15.0 Å². The third-order valence-corrected chi connectivity index (χ3v) is 11.3. The Hall–Kier alpha value is -7.49. The molecule has 1 aliphatic rings. The van der Waals surface area contributed by atoms with E-state index in [1.807, 2.05) is 24.4 Å². The van der Waals surface area contributed by atoms with Crippen molar-refractivity contribution in [3.05, 3.63) is 211 Å². The first-order valence-electron chi connectivity index (χ1n) is 19.5. The van der Waals surface area contributed by atoms with Gasteiger partial charge in [0.2, 0.25) is 0 Å². The fourth-order valence-corrected chi connectivity index (χ4v) is 8.60. The topological polar surface area (TPSA) is 38.7 Å². The van der Waals surface area contributed by atoms with Gasteiger partial charge in [-0.2, -0.15) is 0 Å². The van der Waals surface area contributed by atoms with Gasteiger partial charge in [0, 0.05) is 34.9 Å². The summed E-state index contributed by atoms with van der Waals surface area (Å²) < 4.78 is 0. The summed E-state index contributed by atoms with van der Waals surface area (Å²) in [5.41, 5.74) is 16.6. The molecule has 0 radical (unpaired) electrons. The van der Waals surface area contributed by atoms with Crippen molar-refractivity contribution in [1.29, 1.82) is 0 Å². The molecule has 0 unspecified atom stereocenters. The minimum absolute atomic E-state index is 0.691. The highest BCUT2D eigenvalue weighted by Crippen LogP contribution is 2.44. The lowest BCUT2D eigenvalue weighted by Crippen LogP contribution is -1.97. The second kappa shape index (κ2) is 13.7. The molecule has 0 aliphatic heterocycles. The van der Waals surface area contributed by atoms with Crippen LogP contribution in [0.4, 0.5) is 0 Å². The van der Waals surface area contributed by atoms with Gasteiger partial charge in [-0.3, -0.25) is 4.98 Å². The van der Waals surface area contributed by atoms with Crippen LogP contribution < -0.4 is 0 Å². The molecule has 0 spiro atoms.